The molecule has 0 amide bonds. The van der Waals surface area contributed by atoms with Gasteiger partial charge in [-0.15, -0.1) is 0 Å². The van der Waals surface area contributed by atoms with Crippen LogP contribution in [0.4, 0.5) is 5.95 Å². The van der Waals surface area contributed by atoms with Gasteiger partial charge >= 0.3 is 0 Å². The van der Waals surface area contributed by atoms with Crippen molar-refractivity contribution >= 4 is 27.8 Å². The Hall–Kier alpha value is -3.01. The third-order valence-electron chi connectivity index (χ3n) is 4.10. The molecule has 0 spiro atoms. The first-order valence-electron chi connectivity index (χ1n) is 7.98. The molecule has 0 aliphatic heterocycles. The van der Waals surface area contributed by atoms with E-state index in [2.05, 4.69) is 29.2 Å². The second kappa shape index (κ2) is 5.89. The third-order valence-corrected chi connectivity index (χ3v) is 4.10. The number of aromatic amines is 1. The lowest BCUT2D eigenvalue weighted by Crippen LogP contribution is -2.09. The zero-order valence-electron chi connectivity index (χ0n) is 13.8. The summed E-state index contributed by atoms with van der Waals surface area (Å²) in [4.78, 5) is 10.0. The van der Waals surface area contributed by atoms with Gasteiger partial charge in [0.25, 0.3) is 0 Å². The van der Waals surface area contributed by atoms with E-state index in [-0.39, 0.29) is 0 Å². The van der Waals surface area contributed by atoms with Gasteiger partial charge in [0, 0.05) is 30.9 Å². The second-order valence-electron chi connectivity index (χ2n) is 6.05. The number of fused-ring (bicyclic) bond motifs is 3. The molecule has 1 heterocycles. The molecule has 4 aromatic rings. The highest BCUT2D eigenvalue weighted by atomic mass is 16.5. The van der Waals surface area contributed by atoms with E-state index in [1.165, 1.54) is 0 Å². The van der Waals surface area contributed by atoms with Crippen LogP contribution < -0.4 is 9.64 Å². The summed E-state index contributed by atoms with van der Waals surface area (Å²) in [5.74, 6) is 1.71. The lowest BCUT2D eigenvalue weighted by atomic mass is 10.1. The van der Waals surface area contributed by atoms with Gasteiger partial charge in [-0.1, -0.05) is 54.6 Å². The predicted octanol–water partition coefficient (Wildman–Crippen LogP) is 4.36. The maximum atomic E-state index is 6.12. The van der Waals surface area contributed by atoms with Crippen LogP contribution >= 0.6 is 0 Å². The number of aromatic nitrogens is 2. The van der Waals surface area contributed by atoms with E-state index < -0.39 is 0 Å². The van der Waals surface area contributed by atoms with Crippen molar-refractivity contribution < 1.29 is 4.74 Å². The van der Waals surface area contributed by atoms with Crippen molar-refractivity contribution in [2.45, 2.75) is 6.61 Å². The molecule has 0 bridgehead atoms. The Balaban J connectivity index is 1.81. The number of benzene rings is 3. The maximum absolute atomic E-state index is 6.12. The average Bonchev–Trinajstić information content (AvgIpc) is 3.05. The number of anilines is 1. The Kier molecular flexibility index (Phi) is 3.58. The SMILES string of the molecule is CN(C)c1nc2c(cc(OCc3ccccc3)c3ccccc32)[nH]1. The quantitative estimate of drug-likeness (QED) is 0.608. The first-order chi connectivity index (χ1) is 11.7. The van der Waals surface area contributed by atoms with Crippen LogP contribution in [0, 0.1) is 0 Å². The van der Waals surface area contributed by atoms with Gasteiger partial charge in [0.2, 0.25) is 5.95 Å². The minimum Gasteiger partial charge on any atom is -0.488 e. The third kappa shape index (κ3) is 2.56. The number of hydrogen-bond donors (Lipinski definition) is 1. The summed E-state index contributed by atoms with van der Waals surface area (Å²) >= 11 is 0. The van der Waals surface area contributed by atoms with Gasteiger partial charge < -0.3 is 14.6 Å². The lowest BCUT2D eigenvalue weighted by Gasteiger charge is -2.10. The van der Waals surface area contributed by atoms with Crippen molar-refractivity contribution in [1.29, 1.82) is 0 Å². The summed E-state index contributed by atoms with van der Waals surface area (Å²) in [5.41, 5.74) is 3.11. The van der Waals surface area contributed by atoms with Crippen LogP contribution in [-0.4, -0.2) is 24.1 Å². The molecule has 120 valence electrons. The molecule has 0 aliphatic rings. The number of ether oxygens (including phenoxy) is 1. The topological polar surface area (TPSA) is 41.2 Å². The minimum absolute atomic E-state index is 0.547. The Labute approximate surface area is 140 Å². The fourth-order valence-electron chi connectivity index (χ4n) is 2.86. The summed E-state index contributed by atoms with van der Waals surface area (Å²) in [5, 5.41) is 2.18. The highest BCUT2D eigenvalue weighted by Crippen LogP contribution is 2.33. The molecule has 0 aliphatic carbocycles. The van der Waals surface area contributed by atoms with E-state index in [1.54, 1.807) is 0 Å². The number of hydrogen-bond acceptors (Lipinski definition) is 3. The van der Waals surface area contributed by atoms with Crippen molar-refractivity contribution in [1.82, 2.24) is 9.97 Å². The Morgan fingerprint density at radius 3 is 2.42 bits per heavy atom. The van der Waals surface area contributed by atoms with E-state index >= 15 is 0 Å². The molecule has 4 heteroatoms. The molecular formula is C20H19N3O. The summed E-state index contributed by atoms with van der Waals surface area (Å²) in [7, 11) is 3.96. The van der Waals surface area contributed by atoms with Gasteiger partial charge in [-0.3, -0.25) is 0 Å². The number of H-pyrrole nitrogens is 1. The van der Waals surface area contributed by atoms with Crippen molar-refractivity contribution in [3.63, 3.8) is 0 Å². The van der Waals surface area contributed by atoms with Gasteiger partial charge in [0.05, 0.1) is 11.0 Å². The van der Waals surface area contributed by atoms with Crippen molar-refractivity contribution in [2.24, 2.45) is 0 Å². The number of nitrogens with zero attached hydrogens (tertiary/aromatic N) is 2. The van der Waals surface area contributed by atoms with E-state index in [4.69, 9.17) is 9.72 Å². The predicted molar refractivity (Wildman–Crippen MR) is 98.7 cm³/mol. The zero-order chi connectivity index (χ0) is 16.5. The highest BCUT2D eigenvalue weighted by molar-refractivity contribution is 6.07. The standard InChI is InChI=1S/C20H19N3O/c1-23(2)20-21-17-12-18(24-13-14-8-4-3-5-9-14)15-10-6-7-11-16(15)19(17)22-20/h3-12H,13H2,1-2H3,(H,21,22). The first kappa shape index (κ1) is 14.6. The molecule has 0 saturated heterocycles. The molecule has 1 aromatic heterocycles. The Morgan fingerprint density at radius 2 is 1.67 bits per heavy atom. The summed E-state index contributed by atoms with van der Waals surface area (Å²) in [6.07, 6.45) is 0. The van der Waals surface area contributed by atoms with Gasteiger partial charge in [-0.25, -0.2) is 4.98 Å². The molecule has 4 nitrogen and oxygen atoms in total. The first-order valence-corrected chi connectivity index (χ1v) is 7.98. The van der Waals surface area contributed by atoms with E-state index in [9.17, 15) is 0 Å². The lowest BCUT2D eigenvalue weighted by molar-refractivity contribution is 0.310. The van der Waals surface area contributed by atoms with Gasteiger partial charge in [-0.2, -0.15) is 0 Å². The van der Waals surface area contributed by atoms with Crippen molar-refractivity contribution in [3.8, 4) is 5.75 Å². The molecule has 0 saturated carbocycles. The minimum atomic E-state index is 0.547. The maximum Gasteiger partial charge on any atom is 0.203 e. The van der Waals surface area contributed by atoms with Crippen LogP contribution in [0.5, 0.6) is 5.75 Å². The molecule has 4 rings (SSSR count). The highest BCUT2D eigenvalue weighted by Gasteiger charge is 2.12. The van der Waals surface area contributed by atoms with E-state index in [0.717, 1.165) is 39.1 Å². The smallest absolute Gasteiger partial charge is 0.203 e. The zero-order valence-corrected chi connectivity index (χ0v) is 13.8. The summed E-state index contributed by atoms with van der Waals surface area (Å²) in [6.45, 7) is 0.547. The van der Waals surface area contributed by atoms with Crippen LogP contribution in [0.15, 0.2) is 60.7 Å². The molecule has 3 aromatic carbocycles. The molecule has 24 heavy (non-hydrogen) atoms. The summed E-state index contributed by atoms with van der Waals surface area (Å²) in [6, 6.07) is 20.5. The number of nitrogens with one attached hydrogen (secondary N) is 1. The van der Waals surface area contributed by atoms with Gasteiger partial charge in [0.15, 0.2) is 0 Å². The molecular weight excluding hydrogens is 298 g/mol. The molecule has 0 unspecified atom stereocenters. The van der Waals surface area contributed by atoms with Gasteiger partial charge in [-0.05, 0) is 5.56 Å². The van der Waals surface area contributed by atoms with Crippen LogP contribution in [0.2, 0.25) is 0 Å². The van der Waals surface area contributed by atoms with E-state index in [0.29, 0.717) is 6.61 Å². The van der Waals surface area contributed by atoms with Crippen molar-refractivity contribution in [2.75, 3.05) is 19.0 Å². The normalized spacial score (nSPS) is 11.1. The monoisotopic (exact) mass is 317 g/mol. The van der Waals surface area contributed by atoms with Gasteiger partial charge in [0.1, 0.15) is 12.4 Å². The average molecular weight is 317 g/mol. The van der Waals surface area contributed by atoms with Crippen LogP contribution in [-0.2, 0) is 6.61 Å². The second-order valence-corrected chi connectivity index (χ2v) is 6.05. The van der Waals surface area contributed by atoms with Crippen molar-refractivity contribution in [3.05, 3.63) is 66.2 Å². The fraction of sp³-hybridized carbons (Fsp3) is 0.150. The number of imidazole rings is 1. The molecule has 1 N–H and O–H groups in total. The Bertz CT molecular complexity index is 990. The number of rotatable bonds is 4. The van der Waals surface area contributed by atoms with Crippen LogP contribution in [0.1, 0.15) is 5.56 Å². The van der Waals surface area contributed by atoms with E-state index in [1.807, 2.05) is 55.4 Å². The van der Waals surface area contributed by atoms with Crippen LogP contribution in [0.3, 0.4) is 0 Å². The molecule has 0 atom stereocenters. The summed E-state index contributed by atoms with van der Waals surface area (Å²) < 4.78 is 6.12. The largest absolute Gasteiger partial charge is 0.488 e. The molecule has 0 fully saturated rings. The van der Waals surface area contributed by atoms with Crippen LogP contribution in [0.25, 0.3) is 21.8 Å². The Morgan fingerprint density at radius 1 is 0.958 bits per heavy atom. The molecule has 0 radical (unpaired) electrons. The fourth-order valence-corrected chi connectivity index (χ4v) is 2.86.